The van der Waals surface area contributed by atoms with E-state index in [1.165, 1.54) is 0 Å². The molecule has 3 heterocycles. The van der Waals surface area contributed by atoms with Gasteiger partial charge in [-0.3, -0.25) is 9.97 Å². The van der Waals surface area contributed by atoms with E-state index in [1.807, 2.05) is 12.1 Å². The second-order valence-electron chi connectivity index (χ2n) is 4.65. The molecular formula is C16H13N3O2. The minimum Gasteiger partial charge on any atom is -0.478 e. The van der Waals surface area contributed by atoms with E-state index in [9.17, 15) is 9.90 Å². The molecule has 2 N–H and O–H groups in total. The lowest BCUT2D eigenvalue weighted by Crippen LogP contribution is -1.99. The third kappa shape index (κ3) is 2.29. The first-order chi connectivity index (χ1) is 10.2. The highest BCUT2D eigenvalue weighted by molar-refractivity contribution is 5.99. The maximum absolute atomic E-state index is 11.6. The van der Waals surface area contributed by atoms with Crippen LogP contribution in [0.4, 0.5) is 0 Å². The number of rotatable bonds is 3. The highest BCUT2D eigenvalue weighted by Gasteiger charge is 2.21. The van der Waals surface area contributed by atoms with Gasteiger partial charge in [0.25, 0.3) is 0 Å². The molecule has 104 valence electrons. The van der Waals surface area contributed by atoms with Gasteiger partial charge in [0.1, 0.15) is 0 Å². The first kappa shape index (κ1) is 13.1. The molecule has 0 bridgehead atoms. The second kappa shape index (κ2) is 5.20. The smallest absolute Gasteiger partial charge is 0.338 e. The van der Waals surface area contributed by atoms with Crippen LogP contribution < -0.4 is 0 Å². The molecule has 0 aliphatic carbocycles. The molecule has 0 amide bonds. The Morgan fingerprint density at radius 2 is 1.43 bits per heavy atom. The molecule has 0 saturated heterocycles. The lowest BCUT2D eigenvalue weighted by molar-refractivity contribution is 0.0697. The van der Waals surface area contributed by atoms with Crippen molar-refractivity contribution in [2.75, 3.05) is 0 Å². The third-order valence-electron chi connectivity index (χ3n) is 3.40. The van der Waals surface area contributed by atoms with E-state index in [0.29, 0.717) is 11.3 Å². The Balaban J connectivity index is 2.24. The largest absolute Gasteiger partial charge is 0.478 e. The molecule has 3 aromatic rings. The molecule has 0 atom stereocenters. The Labute approximate surface area is 121 Å². The molecule has 3 rings (SSSR count). The van der Waals surface area contributed by atoms with Crippen LogP contribution in [0.25, 0.3) is 22.5 Å². The zero-order valence-corrected chi connectivity index (χ0v) is 11.4. The molecule has 5 heteroatoms. The summed E-state index contributed by atoms with van der Waals surface area (Å²) in [5.41, 5.74) is 4.08. The predicted octanol–water partition coefficient (Wildman–Crippen LogP) is 3.15. The van der Waals surface area contributed by atoms with Crippen molar-refractivity contribution >= 4 is 5.97 Å². The van der Waals surface area contributed by atoms with E-state index in [4.69, 9.17) is 0 Å². The van der Waals surface area contributed by atoms with Crippen molar-refractivity contribution in [2.45, 2.75) is 6.92 Å². The predicted molar refractivity (Wildman–Crippen MR) is 79.0 cm³/mol. The van der Waals surface area contributed by atoms with Crippen molar-refractivity contribution in [1.29, 1.82) is 0 Å². The van der Waals surface area contributed by atoms with Gasteiger partial charge in [0.15, 0.2) is 0 Å². The molecule has 21 heavy (non-hydrogen) atoms. The van der Waals surface area contributed by atoms with E-state index in [0.717, 1.165) is 16.8 Å². The van der Waals surface area contributed by atoms with E-state index >= 15 is 0 Å². The fourth-order valence-electron chi connectivity index (χ4n) is 2.40. The molecular weight excluding hydrogens is 266 g/mol. The third-order valence-corrected chi connectivity index (χ3v) is 3.40. The fraction of sp³-hybridized carbons (Fsp3) is 0.0625. The SMILES string of the molecule is Cc1c(-c2ccncc2)[nH]c(-c2ccncc2)c1C(=O)O. The van der Waals surface area contributed by atoms with Crippen LogP contribution in [0.3, 0.4) is 0 Å². The van der Waals surface area contributed by atoms with Crippen molar-refractivity contribution in [2.24, 2.45) is 0 Å². The Morgan fingerprint density at radius 3 is 1.90 bits per heavy atom. The molecule has 0 fully saturated rings. The highest BCUT2D eigenvalue weighted by atomic mass is 16.4. The monoisotopic (exact) mass is 279 g/mol. The van der Waals surface area contributed by atoms with Gasteiger partial charge in [-0.1, -0.05) is 0 Å². The normalized spacial score (nSPS) is 10.5. The summed E-state index contributed by atoms with van der Waals surface area (Å²) in [6.45, 7) is 1.81. The van der Waals surface area contributed by atoms with Gasteiger partial charge in [-0.05, 0) is 36.8 Å². The molecule has 0 aromatic carbocycles. The van der Waals surface area contributed by atoms with Crippen LogP contribution >= 0.6 is 0 Å². The summed E-state index contributed by atoms with van der Waals surface area (Å²) in [4.78, 5) is 22.8. The van der Waals surface area contributed by atoms with Crippen LogP contribution in [-0.2, 0) is 0 Å². The Kier molecular flexibility index (Phi) is 3.23. The molecule has 0 aliphatic rings. The molecule has 0 spiro atoms. The summed E-state index contributed by atoms with van der Waals surface area (Å²) in [7, 11) is 0. The number of nitrogens with zero attached hydrogens (tertiary/aromatic N) is 2. The molecule has 0 saturated carbocycles. The van der Waals surface area contributed by atoms with Gasteiger partial charge in [-0.25, -0.2) is 4.79 Å². The van der Waals surface area contributed by atoms with E-state index in [2.05, 4.69) is 15.0 Å². The number of carboxylic acid groups (broad SMARTS) is 1. The maximum atomic E-state index is 11.6. The number of aromatic nitrogens is 3. The zero-order valence-electron chi connectivity index (χ0n) is 11.4. The maximum Gasteiger partial charge on any atom is 0.338 e. The lowest BCUT2D eigenvalue weighted by atomic mass is 10.0. The Morgan fingerprint density at radius 1 is 0.952 bits per heavy atom. The van der Waals surface area contributed by atoms with Crippen molar-refractivity contribution in [3.63, 3.8) is 0 Å². The van der Waals surface area contributed by atoms with Gasteiger partial charge in [-0.15, -0.1) is 0 Å². The number of hydrogen-bond donors (Lipinski definition) is 2. The van der Waals surface area contributed by atoms with Gasteiger partial charge in [0.2, 0.25) is 0 Å². The first-order valence-electron chi connectivity index (χ1n) is 6.45. The van der Waals surface area contributed by atoms with Gasteiger partial charge in [0, 0.05) is 41.6 Å². The van der Waals surface area contributed by atoms with Gasteiger partial charge in [0.05, 0.1) is 11.3 Å². The Bertz CT molecular complexity index is 780. The minimum absolute atomic E-state index is 0.285. The van der Waals surface area contributed by atoms with Crippen molar-refractivity contribution < 1.29 is 9.90 Å². The Hall–Kier alpha value is -2.95. The van der Waals surface area contributed by atoms with Crippen molar-refractivity contribution in [3.8, 4) is 22.5 Å². The lowest BCUT2D eigenvalue weighted by Gasteiger charge is -2.00. The summed E-state index contributed by atoms with van der Waals surface area (Å²) in [5.74, 6) is -0.948. The quantitative estimate of drug-likeness (QED) is 0.772. The molecule has 0 unspecified atom stereocenters. The molecule has 5 nitrogen and oxygen atoms in total. The average Bonchev–Trinajstić information content (AvgIpc) is 2.87. The number of carboxylic acids is 1. The number of aromatic amines is 1. The number of aromatic carboxylic acids is 1. The number of pyridine rings is 2. The van der Waals surface area contributed by atoms with Crippen molar-refractivity contribution in [1.82, 2.24) is 15.0 Å². The number of H-pyrrole nitrogens is 1. The molecule has 0 aliphatic heterocycles. The summed E-state index contributed by atoms with van der Waals surface area (Å²) >= 11 is 0. The van der Waals surface area contributed by atoms with Crippen LogP contribution in [0.2, 0.25) is 0 Å². The number of carbonyl (C=O) groups is 1. The van der Waals surface area contributed by atoms with E-state index in [1.54, 1.807) is 43.8 Å². The summed E-state index contributed by atoms with van der Waals surface area (Å²) in [5, 5.41) is 9.52. The van der Waals surface area contributed by atoms with Crippen LogP contribution in [0.5, 0.6) is 0 Å². The standard InChI is InChI=1S/C16H13N3O2/c1-10-13(16(20)21)15(12-4-8-18-9-5-12)19-14(10)11-2-6-17-7-3-11/h2-9,19H,1H3,(H,20,21). The number of nitrogens with one attached hydrogen (secondary N) is 1. The average molecular weight is 279 g/mol. The molecule has 0 radical (unpaired) electrons. The molecule has 3 aromatic heterocycles. The van der Waals surface area contributed by atoms with Crippen LogP contribution in [-0.4, -0.2) is 26.0 Å². The van der Waals surface area contributed by atoms with Crippen LogP contribution in [0.1, 0.15) is 15.9 Å². The summed E-state index contributed by atoms with van der Waals surface area (Å²) in [6.07, 6.45) is 6.65. The van der Waals surface area contributed by atoms with E-state index in [-0.39, 0.29) is 5.56 Å². The first-order valence-corrected chi connectivity index (χ1v) is 6.45. The van der Waals surface area contributed by atoms with Gasteiger partial charge >= 0.3 is 5.97 Å². The number of hydrogen-bond acceptors (Lipinski definition) is 3. The van der Waals surface area contributed by atoms with Crippen molar-refractivity contribution in [3.05, 3.63) is 60.2 Å². The topological polar surface area (TPSA) is 78.9 Å². The minimum atomic E-state index is -0.948. The summed E-state index contributed by atoms with van der Waals surface area (Å²) < 4.78 is 0. The summed E-state index contributed by atoms with van der Waals surface area (Å²) in [6, 6.07) is 7.27. The van der Waals surface area contributed by atoms with Gasteiger partial charge in [-0.2, -0.15) is 0 Å². The zero-order chi connectivity index (χ0) is 14.8. The van der Waals surface area contributed by atoms with Gasteiger partial charge < -0.3 is 10.1 Å². The van der Waals surface area contributed by atoms with Crippen LogP contribution in [0, 0.1) is 6.92 Å². The fourth-order valence-corrected chi connectivity index (χ4v) is 2.40. The highest BCUT2D eigenvalue weighted by Crippen LogP contribution is 2.32. The van der Waals surface area contributed by atoms with E-state index < -0.39 is 5.97 Å². The van der Waals surface area contributed by atoms with Crippen LogP contribution in [0.15, 0.2) is 49.1 Å². The second-order valence-corrected chi connectivity index (χ2v) is 4.65.